The highest BCUT2D eigenvalue weighted by Gasteiger charge is 2.25. The molecule has 24 heavy (non-hydrogen) atoms. The highest BCUT2D eigenvalue weighted by Crippen LogP contribution is 2.36. The van der Waals surface area contributed by atoms with E-state index in [2.05, 4.69) is 16.0 Å². The molecule has 1 aliphatic rings. The monoisotopic (exact) mass is 332 g/mol. The Balaban J connectivity index is 2.28. The second-order valence-electron chi connectivity index (χ2n) is 6.72. The normalized spacial score (nSPS) is 15.5. The molecular formula is C18H28N4O2. The standard InChI is InChI=1S/C18H28N4O2/c1-13-14(2)22(15-7-5-4-6-8-15)18(16(13)11-19)20-17(24)12-21(3)9-10-23/h15,23H,4-10,12H2,1-3H3,(H,20,24). The second-order valence-corrected chi connectivity index (χ2v) is 6.72. The molecule has 0 atom stereocenters. The molecule has 0 spiro atoms. The molecule has 0 bridgehead atoms. The van der Waals surface area contributed by atoms with Crippen molar-refractivity contribution in [3.05, 3.63) is 16.8 Å². The maximum absolute atomic E-state index is 12.4. The SMILES string of the molecule is Cc1c(C#N)c(NC(=O)CN(C)CCO)n(C2CCCCC2)c1C. The van der Waals surface area contributed by atoms with Crippen molar-refractivity contribution >= 4 is 11.7 Å². The van der Waals surface area contributed by atoms with Crippen LogP contribution in [0.5, 0.6) is 0 Å². The number of nitrogens with zero attached hydrogens (tertiary/aromatic N) is 3. The number of hydrogen-bond donors (Lipinski definition) is 2. The van der Waals surface area contributed by atoms with E-state index >= 15 is 0 Å². The van der Waals surface area contributed by atoms with Crippen LogP contribution in [0, 0.1) is 25.2 Å². The molecule has 132 valence electrons. The fourth-order valence-corrected chi connectivity index (χ4v) is 3.55. The van der Waals surface area contributed by atoms with Crippen LogP contribution in [-0.4, -0.2) is 47.2 Å². The highest BCUT2D eigenvalue weighted by atomic mass is 16.3. The Labute approximate surface area is 144 Å². The number of nitrogens with one attached hydrogen (secondary N) is 1. The molecule has 1 aliphatic carbocycles. The lowest BCUT2D eigenvalue weighted by Crippen LogP contribution is -2.33. The average Bonchev–Trinajstić information content (AvgIpc) is 2.78. The molecule has 1 aromatic rings. The van der Waals surface area contributed by atoms with Crippen molar-refractivity contribution in [1.82, 2.24) is 9.47 Å². The van der Waals surface area contributed by atoms with Crippen LogP contribution < -0.4 is 5.32 Å². The Morgan fingerprint density at radius 2 is 2.04 bits per heavy atom. The van der Waals surface area contributed by atoms with E-state index in [1.54, 1.807) is 11.9 Å². The molecule has 0 radical (unpaired) electrons. The lowest BCUT2D eigenvalue weighted by Gasteiger charge is -2.27. The number of nitriles is 1. The summed E-state index contributed by atoms with van der Waals surface area (Å²) in [5, 5.41) is 21.5. The first-order chi connectivity index (χ1) is 11.5. The lowest BCUT2D eigenvalue weighted by atomic mass is 9.95. The Bertz CT molecular complexity index is 624. The summed E-state index contributed by atoms with van der Waals surface area (Å²) >= 11 is 0. The van der Waals surface area contributed by atoms with Gasteiger partial charge in [0.15, 0.2) is 0 Å². The van der Waals surface area contributed by atoms with Crippen molar-refractivity contribution in [1.29, 1.82) is 5.26 Å². The predicted octanol–water partition coefficient (Wildman–Crippen LogP) is 2.34. The van der Waals surface area contributed by atoms with Crippen LogP contribution >= 0.6 is 0 Å². The van der Waals surface area contributed by atoms with Gasteiger partial charge in [-0.2, -0.15) is 5.26 Å². The van der Waals surface area contributed by atoms with Crippen LogP contribution in [0.25, 0.3) is 0 Å². The third kappa shape index (κ3) is 3.97. The maximum Gasteiger partial charge on any atom is 0.239 e. The van der Waals surface area contributed by atoms with Crippen molar-refractivity contribution in [2.24, 2.45) is 0 Å². The van der Waals surface area contributed by atoms with Crippen molar-refractivity contribution in [3.8, 4) is 6.07 Å². The van der Waals surface area contributed by atoms with E-state index in [0.29, 0.717) is 24.0 Å². The largest absolute Gasteiger partial charge is 0.395 e. The van der Waals surface area contributed by atoms with E-state index in [0.717, 1.165) is 24.1 Å². The topological polar surface area (TPSA) is 81.3 Å². The molecular weight excluding hydrogens is 304 g/mol. The van der Waals surface area contributed by atoms with E-state index in [9.17, 15) is 10.1 Å². The molecule has 0 saturated heterocycles. The van der Waals surface area contributed by atoms with Crippen molar-refractivity contribution in [2.45, 2.75) is 52.0 Å². The second kappa shape index (κ2) is 8.32. The Kier molecular flexibility index (Phi) is 6.41. The van der Waals surface area contributed by atoms with Crippen LogP contribution in [0.3, 0.4) is 0 Å². The summed E-state index contributed by atoms with van der Waals surface area (Å²) in [6, 6.07) is 2.61. The fourth-order valence-electron chi connectivity index (χ4n) is 3.55. The number of aliphatic hydroxyl groups excluding tert-OH is 1. The summed E-state index contributed by atoms with van der Waals surface area (Å²) in [4.78, 5) is 14.1. The zero-order valence-corrected chi connectivity index (χ0v) is 14.9. The average molecular weight is 332 g/mol. The van der Waals surface area contributed by atoms with Gasteiger partial charge in [-0.15, -0.1) is 0 Å². The quantitative estimate of drug-likeness (QED) is 0.838. The van der Waals surface area contributed by atoms with E-state index in [-0.39, 0.29) is 19.1 Å². The van der Waals surface area contributed by atoms with Gasteiger partial charge in [-0.25, -0.2) is 0 Å². The molecule has 1 saturated carbocycles. The summed E-state index contributed by atoms with van der Waals surface area (Å²) in [5.41, 5.74) is 2.58. The number of aliphatic hydroxyl groups is 1. The van der Waals surface area contributed by atoms with Crippen LogP contribution in [0.15, 0.2) is 0 Å². The number of likely N-dealkylation sites (N-methyl/N-ethyl adjacent to an activating group) is 1. The zero-order valence-electron chi connectivity index (χ0n) is 14.9. The molecule has 0 aliphatic heterocycles. The zero-order chi connectivity index (χ0) is 17.7. The van der Waals surface area contributed by atoms with E-state index in [1.807, 2.05) is 13.8 Å². The van der Waals surface area contributed by atoms with Crippen molar-refractivity contribution in [2.75, 3.05) is 32.1 Å². The molecule has 0 aromatic carbocycles. The number of amides is 1. The summed E-state index contributed by atoms with van der Waals surface area (Å²) in [6.45, 7) is 4.63. The summed E-state index contributed by atoms with van der Waals surface area (Å²) < 4.78 is 2.16. The van der Waals surface area contributed by atoms with Gasteiger partial charge < -0.3 is 15.0 Å². The van der Waals surface area contributed by atoms with Gasteiger partial charge in [0, 0.05) is 18.3 Å². The third-order valence-electron chi connectivity index (χ3n) is 4.96. The van der Waals surface area contributed by atoms with Gasteiger partial charge in [-0.1, -0.05) is 19.3 Å². The first-order valence-corrected chi connectivity index (χ1v) is 8.70. The van der Waals surface area contributed by atoms with Gasteiger partial charge in [0.2, 0.25) is 5.91 Å². The number of carbonyl (C=O) groups is 1. The molecule has 2 rings (SSSR count). The Morgan fingerprint density at radius 1 is 1.38 bits per heavy atom. The summed E-state index contributed by atoms with van der Waals surface area (Å²) in [5.74, 6) is 0.485. The van der Waals surface area contributed by atoms with Crippen LogP contribution in [0.2, 0.25) is 0 Å². The number of rotatable bonds is 6. The molecule has 1 fully saturated rings. The van der Waals surface area contributed by atoms with E-state index in [1.165, 1.54) is 19.3 Å². The Morgan fingerprint density at radius 3 is 2.62 bits per heavy atom. The van der Waals surface area contributed by atoms with Gasteiger partial charge in [0.05, 0.1) is 18.7 Å². The van der Waals surface area contributed by atoms with Crippen molar-refractivity contribution in [3.63, 3.8) is 0 Å². The molecule has 6 nitrogen and oxygen atoms in total. The van der Waals surface area contributed by atoms with Gasteiger partial charge in [0.25, 0.3) is 0 Å². The minimum absolute atomic E-state index is 0.0178. The van der Waals surface area contributed by atoms with Gasteiger partial charge in [-0.05, 0) is 39.3 Å². The fraction of sp³-hybridized carbons (Fsp3) is 0.667. The first-order valence-electron chi connectivity index (χ1n) is 8.70. The predicted molar refractivity (Wildman–Crippen MR) is 94.0 cm³/mol. The molecule has 1 heterocycles. The molecule has 2 N–H and O–H groups in total. The third-order valence-corrected chi connectivity index (χ3v) is 4.96. The van der Waals surface area contributed by atoms with Crippen LogP contribution in [0.4, 0.5) is 5.82 Å². The molecule has 6 heteroatoms. The number of aromatic nitrogens is 1. The summed E-state index contributed by atoms with van der Waals surface area (Å²) in [7, 11) is 1.79. The number of hydrogen-bond acceptors (Lipinski definition) is 4. The maximum atomic E-state index is 12.4. The van der Waals surface area contributed by atoms with Crippen molar-refractivity contribution < 1.29 is 9.90 Å². The minimum atomic E-state index is -0.156. The highest BCUT2D eigenvalue weighted by molar-refractivity contribution is 5.93. The van der Waals surface area contributed by atoms with Gasteiger partial charge in [0.1, 0.15) is 11.9 Å². The van der Waals surface area contributed by atoms with E-state index < -0.39 is 0 Å². The molecule has 0 unspecified atom stereocenters. The number of carbonyl (C=O) groups excluding carboxylic acids is 1. The smallest absolute Gasteiger partial charge is 0.239 e. The lowest BCUT2D eigenvalue weighted by molar-refractivity contribution is -0.117. The molecule has 1 aromatic heterocycles. The van der Waals surface area contributed by atoms with Crippen LogP contribution in [0.1, 0.15) is 55.0 Å². The Hall–Kier alpha value is -1.84. The first kappa shape index (κ1) is 18.5. The van der Waals surface area contributed by atoms with Crippen LogP contribution in [-0.2, 0) is 4.79 Å². The number of anilines is 1. The van der Waals surface area contributed by atoms with Gasteiger partial charge >= 0.3 is 0 Å². The minimum Gasteiger partial charge on any atom is -0.395 e. The summed E-state index contributed by atoms with van der Waals surface area (Å²) in [6.07, 6.45) is 5.82. The van der Waals surface area contributed by atoms with Gasteiger partial charge in [-0.3, -0.25) is 9.69 Å². The van der Waals surface area contributed by atoms with E-state index in [4.69, 9.17) is 5.11 Å². The molecule has 1 amide bonds.